The number of imidazole rings is 1. The van der Waals surface area contributed by atoms with Crippen molar-refractivity contribution in [2.24, 2.45) is 0 Å². The van der Waals surface area contributed by atoms with Crippen molar-refractivity contribution in [3.8, 4) is 0 Å². The van der Waals surface area contributed by atoms with Gasteiger partial charge in [0.1, 0.15) is 5.82 Å². The maximum atomic E-state index is 12.7. The van der Waals surface area contributed by atoms with Crippen LogP contribution in [0.1, 0.15) is 42.9 Å². The summed E-state index contributed by atoms with van der Waals surface area (Å²) < 4.78 is 38.2. The van der Waals surface area contributed by atoms with E-state index in [2.05, 4.69) is 15.3 Å². The van der Waals surface area contributed by atoms with Crippen molar-refractivity contribution in [2.75, 3.05) is 13.1 Å². The topological polar surface area (TPSA) is 40.7 Å². The summed E-state index contributed by atoms with van der Waals surface area (Å²) in [6, 6.07) is 0. The molecule has 0 spiro atoms. The van der Waals surface area contributed by atoms with Crippen LogP contribution in [0, 0.1) is 0 Å². The van der Waals surface area contributed by atoms with Gasteiger partial charge in [0.15, 0.2) is 5.69 Å². The first-order valence-electron chi connectivity index (χ1n) is 5.89. The Bertz CT molecular complexity index is 378. The molecule has 6 heteroatoms. The summed E-state index contributed by atoms with van der Waals surface area (Å²) in [4.78, 5) is 6.59. The number of halogens is 3. The zero-order valence-electron chi connectivity index (χ0n) is 9.69. The predicted octanol–water partition coefficient (Wildman–Crippen LogP) is 2.46. The van der Waals surface area contributed by atoms with Crippen molar-refractivity contribution in [1.82, 2.24) is 15.3 Å². The number of nitrogens with one attached hydrogen (secondary N) is 2. The number of aromatic nitrogens is 2. The number of aromatic amines is 1. The Morgan fingerprint density at radius 2 is 2.18 bits per heavy atom. The van der Waals surface area contributed by atoms with E-state index in [0.29, 0.717) is 18.8 Å². The quantitative estimate of drug-likeness (QED) is 0.842. The Kier molecular flexibility index (Phi) is 3.42. The fourth-order valence-corrected chi connectivity index (χ4v) is 2.20. The van der Waals surface area contributed by atoms with Gasteiger partial charge < -0.3 is 10.3 Å². The van der Waals surface area contributed by atoms with E-state index in [1.165, 1.54) is 0 Å². The second-order valence-electron chi connectivity index (χ2n) is 4.34. The molecule has 1 saturated heterocycles. The van der Waals surface area contributed by atoms with E-state index < -0.39 is 11.9 Å². The number of nitrogens with zero attached hydrogens (tertiary/aromatic N) is 1. The fourth-order valence-electron chi connectivity index (χ4n) is 2.20. The number of hydrogen-bond acceptors (Lipinski definition) is 2. The van der Waals surface area contributed by atoms with Crippen LogP contribution < -0.4 is 5.32 Å². The minimum absolute atomic E-state index is 0.0742. The number of piperidine rings is 1. The molecule has 1 aromatic heterocycles. The molecule has 17 heavy (non-hydrogen) atoms. The Morgan fingerprint density at radius 3 is 2.65 bits per heavy atom. The summed E-state index contributed by atoms with van der Waals surface area (Å²) in [6.45, 7) is 3.34. The number of rotatable bonds is 2. The lowest BCUT2D eigenvalue weighted by atomic mass is 9.99. The van der Waals surface area contributed by atoms with Crippen LogP contribution in [0.25, 0.3) is 0 Å². The number of aryl methyl sites for hydroxylation is 1. The van der Waals surface area contributed by atoms with Gasteiger partial charge in [-0.05, 0) is 25.8 Å². The molecule has 1 unspecified atom stereocenters. The first-order chi connectivity index (χ1) is 8.02. The maximum Gasteiger partial charge on any atom is 0.435 e. The highest BCUT2D eigenvalue weighted by molar-refractivity contribution is 5.20. The fraction of sp³-hybridized carbons (Fsp3) is 0.727. The predicted molar refractivity (Wildman–Crippen MR) is 57.8 cm³/mol. The highest BCUT2D eigenvalue weighted by Gasteiger charge is 2.37. The summed E-state index contributed by atoms with van der Waals surface area (Å²) >= 11 is 0. The standard InChI is InChI=1S/C11H16F3N3/c1-2-8-9(11(12,13)14)17-10(16-8)7-4-3-5-15-6-7/h7,15H,2-6H2,1H3,(H,16,17). The Hall–Kier alpha value is -1.04. The van der Waals surface area contributed by atoms with E-state index in [-0.39, 0.29) is 11.6 Å². The van der Waals surface area contributed by atoms with Crippen LogP contribution in [0.3, 0.4) is 0 Å². The van der Waals surface area contributed by atoms with Gasteiger partial charge in [0.2, 0.25) is 0 Å². The van der Waals surface area contributed by atoms with E-state index in [1.54, 1.807) is 6.92 Å². The van der Waals surface area contributed by atoms with Gasteiger partial charge in [0.05, 0.1) is 0 Å². The van der Waals surface area contributed by atoms with Gasteiger partial charge in [-0.3, -0.25) is 0 Å². The van der Waals surface area contributed by atoms with Crippen LogP contribution in [-0.4, -0.2) is 23.1 Å². The zero-order chi connectivity index (χ0) is 12.5. The van der Waals surface area contributed by atoms with Crippen molar-refractivity contribution < 1.29 is 13.2 Å². The highest BCUT2D eigenvalue weighted by atomic mass is 19.4. The normalized spacial score (nSPS) is 21.8. The van der Waals surface area contributed by atoms with E-state index in [0.717, 1.165) is 19.4 Å². The molecule has 1 aliphatic heterocycles. The second-order valence-corrected chi connectivity index (χ2v) is 4.34. The van der Waals surface area contributed by atoms with Crippen LogP contribution in [-0.2, 0) is 12.6 Å². The molecule has 1 aromatic rings. The van der Waals surface area contributed by atoms with Gasteiger partial charge in [0, 0.05) is 18.2 Å². The van der Waals surface area contributed by atoms with E-state index >= 15 is 0 Å². The number of hydrogen-bond donors (Lipinski definition) is 2. The first kappa shape index (κ1) is 12.4. The van der Waals surface area contributed by atoms with Crippen molar-refractivity contribution >= 4 is 0 Å². The zero-order valence-corrected chi connectivity index (χ0v) is 9.69. The summed E-state index contributed by atoms with van der Waals surface area (Å²) in [7, 11) is 0. The molecule has 0 aromatic carbocycles. The van der Waals surface area contributed by atoms with Gasteiger partial charge in [-0.2, -0.15) is 13.2 Å². The van der Waals surface area contributed by atoms with Gasteiger partial charge in [-0.25, -0.2) is 4.98 Å². The van der Waals surface area contributed by atoms with Gasteiger partial charge in [0.25, 0.3) is 0 Å². The van der Waals surface area contributed by atoms with E-state index in [9.17, 15) is 13.2 Å². The average molecular weight is 247 g/mol. The van der Waals surface area contributed by atoms with E-state index in [4.69, 9.17) is 0 Å². The monoisotopic (exact) mass is 247 g/mol. The summed E-state index contributed by atoms with van der Waals surface area (Å²) in [5, 5.41) is 3.18. The molecule has 0 radical (unpaired) electrons. The van der Waals surface area contributed by atoms with Crippen LogP contribution in [0.2, 0.25) is 0 Å². The Balaban J connectivity index is 2.27. The minimum Gasteiger partial charge on any atom is -0.345 e. The van der Waals surface area contributed by atoms with Crippen molar-refractivity contribution in [3.63, 3.8) is 0 Å². The summed E-state index contributed by atoms with van der Waals surface area (Å²) in [6.07, 6.45) is -2.17. The molecule has 96 valence electrons. The van der Waals surface area contributed by atoms with Crippen molar-refractivity contribution in [1.29, 1.82) is 0 Å². The average Bonchev–Trinajstić information content (AvgIpc) is 2.74. The third-order valence-corrected chi connectivity index (χ3v) is 3.10. The number of H-pyrrole nitrogens is 1. The van der Waals surface area contributed by atoms with Crippen LogP contribution in [0.4, 0.5) is 13.2 Å². The van der Waals surface area contributed by atoms with Crippen LogP contribution >= 0.6 is 0 Å². The third-order valence-electron chi connectivity index (χ3n) is 3.10. The molecule has 0 bridgehead atoms. The number of alkyl halides is 3. The van der Waals surface area contributed by atoms with Crippen LogP contribution in [0.15, 0.2) is 0 Å². The van der Waals surface area contributed by atoms with Gasteiger partial charge in [-0.15, -0.1) is 0 Å². The molecule has 1 aliphatic rings. The summed E-state index contributed by atoms with van der Waals surface area (Å²) in [5.74, 6) is 0.548. The largest absolute Gasteiger partial charge is 0.435 e. The molecule has 2 heterocycles. The van der Waals surface area contributed by atoms with Crippen molar-refractivity contribution in [3.05, 3.63) is 17.2 Å². The van der Waals surface area contributed by atoms with Crippen LogP contribution in [0.5, 0.6) is 0 Å². The molecule has 0 saturated carbocycles. The van der Waals surface area contributed by atoms with E-state index in [1.807, 2.05) is 0 Å². The lowest BCUT2D eigenvalue weighted by Crippen LogP contribution is -2.29. The Morgan fingerprint density at radius 1 is 1.41 bits per heavy atom. The molecular formula is C11H16F3N3. The molecule has 1 atom stereocenters. The third kappa shape index (κ3) is 2.62. The first-order valence-corrected chi connectivity index (χ1v) is 5.89. The highest BCUT2D eigenvalue weighted by Crippen LogP contribution is 2.32. The maximum absolute atomic E-state index is 12.7. The van der Waals surface area contributed by atoms with Gasteiger partial charge in [-0.1, -0.05) is 6.92 Å². The second kappa shape index (κ2) is 4.68. The molecular weight excluding hydrogens is 231 g/mol. The molecule has 2 rings (SSSR count). The molecule has 3 nitrogen and oxygen atoms in total. The molecule has 2 N–H and O–H groups in total. The van der Waals surface area contributed by atoms with Gasteiger partial charge >= 0.3 is 6.18 Å². The minimum atomic E-state index is -4.36. The molecule has 0 amide bonds. The Labute approximate surface area is 97.8 Å². The summed E-state index contributed by atoms with van der Waals surface area (Å²) in [5.41, 5.74) is -0.557. The lowest BCUT2D eigenvalue weighted by molar-refractivity contribution is -0.141. The smallest absolute Gasteiger partial charge is 0.345 e. The lowest BCUT2D eigenvalue weighted by Gasteiger charge is -2.20. The molecule has 1 fully saturated rings. The molecule has 0 aliphatic carbocycles. The van der Waals surface area contributed by atoms with Crippen molar-refractivity contribution in [2.45, 2.75) is 38.3 Å². The SMILES string of the molecule is CCc1[nH]c(C2CCCNC2)nc1C(F)(F)F.